The molecular formula is C26H23ClN2O4S. The summed E-state index contributed by atoms with van der Waals surface area (Å²) in [5.74, 6) is 0.630. The van der Waals surface area contributed by atoms with Crippen LogP contribution in [0.15, 0.2) is 113 Å². The molecule has 0 fully saturated rings. The molecule has 1 aromatic heterocycles. The molecule has 1 unspecified atom stereocenters. The van der Waals surface area contributed by atoms with E-state index in [4.69, 9.17) is 4.74 Å². The van der Waals surface area contributed by atoms with E-state index in [1.54, 1.807) is 30.3 Å². The summed E-state index contributed by atoms with van der Waals surface area (Å²) < 4.78 is 7.64. The minimum Gasteiger partial charge on any atom is -1.00 e. The highest BCUT2D eigenvalue weighted by Gasteiger charge is 2.14. The van der Waals surface area contributed by atoms with Crippen molar-refractivity contribution in [2.75, 3.05) is 6.61 Å². The Kier molecular flexibility index (Phi) is 9.04. The third kappa shape index (κ3) is 6.81. The van der Waals surface area contributed by atoms with Crippen molar-refractivity contribution in [2.45, 2.75) is 22.4 Å². The molecule has 0 saturated carbocycles. The molecule has 6 nitrogen and oxygen atoms in total. The molecule has 4 rings (SSSR count). The number of nitrogens with zero attached hydrogens (tertiary/aromatic N) is 2. The van der Waals surface area contributed by atoms with Crippen LogP contribution in [0.4, 0.5) is 5.69 Å². The third-order valence-electron chi connectivity index (χ3n) is 4.98. The summed E-state index contributed by atoms with van der Waals surface area (Å²) in [6.07, 6.45) is 3.22. The number of hydrogen-bond acceptors (Lipinski definition) is 5. The summed E-state index contributed by atoms with van der Waals surface area (Å²) in [5.41, 5.74) is 2.36. The summed E-state index contributed by atoms with van der Waals surface area (Å²) in [5, 5.41) is 21.5. The Bertz CT molecular complexity index is 1210. The number of aromatic nitrogens is 1. The zero-order valence-electron chi connectivity index (χ0n) is 18.2. The Labute approximate surface area is 208 Å². The van der Waals surface area contributed by atoms with Crippen molar-refractivity contribution in [2.24, 2.45) is 0 Å². The second-order valence-corrected chi connectivity index (χ2v) is 8.53. The molecule has 1 atom stereocenters. The maximum atomic E-state index is 11.2. The minimum absolute atomic E-state index is 0. The van der Waals surface area contributed by atoms with Crippen LogP contribution in [0.3, 0.4) is 0 Å². The number of nitro groups is 1. The predicted molar refractivity (Wildman–Crippen MR) is 127 cm³/mol. The van der Waals surface area contributed by atoms with Gasteiger partial charge in [-0.05, 0) is 41.5 Å². The van der Waals surface area contributed by atoms with Crippen LogP contribution in [0.5, 0.6) is 5.75 Å². The minimum atomic E-state index is -0.668. The van der Waals surface area contributed by atoms with Crippen LogP contribution in [0.2, 0.25) is 0 Å². The number of rotatable bonds is 9. The fourth-order valence-corrected chi connectivity index (χ4v) is 4.24. The first-order valence-corrected chi connectivity index (χ1v) is 11.3. The number of hydrogen-bond donors (Lipinski definition) is 1. The summed E-state index contributed by atoms with van der Waals surface area (Å²) >= 11 is 1.33. The number of pyridine rings is 1. The molecule has 0 aliphatic rings. The molecule has 0 radical (unpaired) electrons. The number of aliphatic hydroxyl groups excluding tert-OH is 1. The highest BCUT2D eigenvalue weighted by Crippen LogP contribution is 2.35. The van der Waals surface area contributed by atoms with Crippen LogP contribution in [-0.2, 0) is 6.54 Å². The second-order valence-electron chi connectivity index (χ2n) is 7.41. The van der Waals surface area contributed by atoms with Gasteiger partial charge in [0.1, 0.15) is 18.5 Å². The molecule has 4 aromatic rings. The van der Waals surface area contributed by atoms with E-state index >= 15 is 0 Å². The number of ether oxygens (including phenoxy) is 1. The van der Waals surface area contributed by atoms with Gasteiger partial charge in [0.05, 0.1) is 9.82 Å². The van der Waals surface area contributed by atoms with Crippen molar-refractivity contribution in [3.05, 3.63) is 114 Å². The van der Waals surface area contributed by atoms with E-state index in [2.05, 4.69) is 12.1 Å². The van der Waals surface area contributed by atoms with Crippen LogP contribution < -0.4 is 21.7 Å². The van der Waals surface area contributed by atoms with Crippen LogP contribution in [0.1, 0.15) is 0 Å². The average Bonchev–Trinajstić information content (AvgIpc) is 2.85. The molecule has 8 heteroatoms. The first-order valence-electron chi connectivity index (χ1n) is 10.5. The zero-order chi connectivity index (χ0) is 23.0. The third-order valence-corrected chi connectivity index (χ3v) is 6.05. The van der Waals surface area contributed by atoms with Crippen molar-refractivity contribution in [1.29, 1.82) is 0 Å². The largest absolute Gasteiger partial charge is 1.00 e. The second kappa shape index (κ2) is 12.2. The lowest BCUT2D eigenvalue weighted by Gasteiger charge is -2.11. The van der Waals surface area contributed by atoms with Crippen LogP contribution in [0, 0.1) is 10.1 Å². The van der Waals surface area contributed by atoms with Crippen molar-refractivity contribution >= 4 is 17.4 Å². The first kappa shape index (κ1) is 25.2. The van der Waals surface area contributed by atoms with E-state index in [0.29, 0.717) is 17.2 Å². The van der Waals surface area contributed by atoms with Gasteiger partial charge in [0.25, 0.3) is 5.69 Å². The Morgan fingerprint density at radius 3 is 2.18 bits per heavy atom. The molecule has 1 heterocycles. The monoisotopic (exact) mass is 494 g/mol. The molecule has 1 N–H and O–H groups in total. The first-order chi connectivity index (χ1) is 16.1. The summed E-state index contributed by atoms with van der Waals surface area (Å²) in [7, 11) is 0. The van der Waals surface area contributed by atoms with E-state index in [0.717, 1.165) is 16.0 Å². The Balaban J connectivity index is 0.00000324. The normalized spacial score (nSPS) is 11.3. The van der Waals surface area contributed by atoms with Crippen LogP contribution >= 0.6 is 11.8 Å². The van der Waals surface area contributed by atoms with Gasteiger partial charge in [0.2, 0.25) is 0 Å². The van der Waals surface area contributed by atoms with Gasteiger partial charge in [-0.3, -0.25) is 10.1 Å². The number of aliphatic hydroxyl groups is 1. The van der Waals surface area contributed by atoms with E-state index < -0.39 is 6.10 Å². The molecule has 0 amide bonds. The lowest BCUT2D eigenvalue weighted by Crippen LogP contribution is -3.00. The van der Waals surface area contributed by atoms with Gasteiger partial charge in [0, 0.05) is 23.1 Å². The Hall–Kier alpha value is -3.39. The Morgan fingerprint density at radius 2 is 1.50 bits per heavy atom. The van der Waals surface area contributed by atoms with Gasteiger partial charge in [-0.1, -0.05) is 54.2 Å². The quantitative estimate of drug-likeness (QED) is 0.219. The lowest BCUT2D eigenvalue weighted by atomic mass is 10.1. The fraction of sp³-hybridized carbons (Fsp3) is 0.115. The molecule has 0 spiro atoms. The number of para-hydroxylation sites is 1. The van der Waals surface area contributed by atoms with Crippen molar-refractivity contribution in [3.63, 3.8) is 0 Å². The maximum absolute atomic E-state index is 11.2. The molecule has 0 bridgehead atoms. The number of benzene rings is 3. The van der Waals surface area contributed by atoms with Gasteiger partial charge in [0.15, 0.2) is 18.9 Å². The molecule has 174 valence electrons. The van der Waals surface area contributed by atoms with E-state index in [1.165, 1.54) is 17.8 Å². The predicted octanol–water partition coefficient (Wildman–Crippen LogP) is 2.14. The molecular weight excluding hydrogens is 472 g/mol. The Morgan fingerprint density at radius 1 is 0.882 bits per heavy atom. The highest BCUT2D eigenvalue weighted by molar-refractivity contribution is 7.99. The molecule has 3 aromatic carbocycles. The van der Waals surface area contributed by atoms with E-state index in [-0.39, 0.29) is 29.6 Å². The topological polar surface area (TPSA) is 76.5 Å². The van der Waals surface area contributed by atoms with Gasteiger partial charge >= 0.3 is 0 Å². The SMILES string of the molecule is O=[N+]([O-])c1ccccc1Sc1ccc(OCC(O)C[n+]2ccc(-c3ccccc3)cc2)cc1.[Cl-]. The molecule has 0 aliphatic carbocycles. The van der Waals surface area contributed by atoms with E-state index in [9.17, 15) is 15.2 Å². The van der Waals surface area contributed by atoms with Crippen LogP contribution in [0.25, 0.3) is 11.1 Å². The van der Waals surface area contributed by atoms with Gasteiger partial charge in [-0.2, -0.15) is 0 Å². The summed E-state index contributed by atoms with van der Waals surface area (Å²) in [6, 6.07) is 28.1. The molecule has 34 heavy (non-hydrogen) atoms. The lowest BCUT2D eigenvalue weighted by molar-refractivity contribution is -0.703. The fourth-order valence-electron chi connectivity index (χ4n) is 3.32. The number of halogens is 1. The summed E-state index contributed by atoms with van der Waals surface area (Å²) in [6.45, 7) is 0.574. The van der Waals surface area contributed by atoms with Gasteiger partial charge < -0.3 is 22.3 Å². The average molecular weight is 495 g/mol. The van der Waals surface area contributed by atoms with E-state index in [1.807, 2.05) is 59.4 Å². The molecule has 0 aliphatic heterocycles. The van der Waals surface area contributed by atoms with Gasteiger partial charge in [-0.25, -0.2) is 4.57 Å². The maximum Gasteiger partial charge on any atom is 0.283 e. The molecule has 0 saturated heterocycles. The van der Waals surface area contributed by atoms with Gasteiger partial charge in [-0.15, -0.1) is 0 Å². The number of nitro benzene ring substituents is 1. The van der Waals surface area contributed by atoms with Crippen molar-refractivity contribution < 1.29 is 31.7 Å². The zero-order valence-corrected chi connectivity index (χ0v) is 19.7. The standard InChI is InChI=1S/C26H23N2O4S.ClH/c29-22(18-27-16-14-21(15-17-27)20-6-2-1-3-7-20)19-32-23-10-12-24(13-11-23)33-26-9-5-4-8-25(26)28(30)31;/h1-17,22,29H,18-19H2;1H/q+1;/p-1. The van der Waals surface area contributed by atoms with Crippen molar-refractivity contribution in [3.8, 4) is 16.9 Å². The van der Waals surface area contributed by atoms with Crippen molar-refractivity contribution in [1.82, 2.24) is 0 Å². The highest BCUT2D eigenvalue weighted by atomic mass is 35.5. The summed E-state index contributed by atoms with van der Waals surface area (Å²) in [4.78, 5) is 12.2. The smallest absolute Gasteiger partial charge is 0.283 e. The van der Waals surface area contributed by atoms with Crippen LogP contribution in [-0.4, -0.2) is 22.7 Å².